The summed E-state index contributed by atoms with van der Waals surface area (Å²) in [6, 6.07) is 0. The van der Waals surface area contributed by atoms with Crippen LogP contribution < -0.4 is 5.32 Å². The van der Waals surface area contributed by atoms with Gasteiger partial charge in [0.25, 0.3) is 0 Å². The molecule has 0 aromatic carbocycles. The molecule has 0 unspecified atom stereocenters. The number of hydrogen-bond donors (Lipinski definition) is 1. The van der Waals surface area contributed by atoms with Crippen LogP contribution in [-0.2, 0) is 0 Å². The van der Waals surface area contributed by atoms with Crippen molar-refractivity contribution in [2.45, 2.75) is 67.2 Å². The van der Waals surface area contributed by atoms with Gasteiger partial charge in [0.05, 0.1) is 0 Å². The summed E-state index contributed by atoms with van der Waals surface area (Å²) in [5, 5.41) is 3.65. The Morgan fingerprint density at radius 1 is 0.882 bits per heavy atom. The molecule has 0 amide bonds. The SMILES string of the molecule is CC(C)(C)CNCC1CCC(C(C)(C)C)CC1. The second-order valence-electron chi connectivity index (χ2n) is 8.28. The zero-order valence-corrected chi connectivity index (χ0v) is 12.9. The Bertz CT molecular complexity index is 208. The normalized spacial score (nSPS) is 27.2. The third kappa shape index (κ3) is 5.90. The average Bonchev–Trinajstić information content (AvgIpc) is 2.15. The van der Waals surface area contributed by atoms with Gasteiger partial charge >= 0.3 is 0 Å². The van der Waals surface area contributed by atoms with E-state index in [4.69, 9.17) is 0 Å². The molecule has 17 heavy (non-hydrogen) atoms. The summed E-state index contributed by atoms with van der Waals surface area (Å²) in [7, 11) is 0. The molecule has 0 aromatic heterocycles. The van der Waals surface area contributed by atoms with Crippen LogP contribution in [0.1, 0.15) is 67.2 Å². The molecule has 0 atom stereocenters. The molecular formula is C16H33N. The minimum atomic E-state index is 0.419. The molecule has 1 N–H and O–H groups in total. The summed E-state index contributed by atoms with van der Waals surface area (Å²) in [6.45, 7) is 16.5. The van der Waals surface area contributed by atoms with Crippen molar-refractivity contribution in [3.05, 3.63) is 0 Å². The smallest absolute Gasteiger partial charge is 0.000000945 e. The standard InChI is InChI=1S/C16H33N/c1-15(2,3)12-17-11-13-7-9-14(10-8-13)16(4,5)6/h13-14,17H,7-12H2,1-6H3. The fraction of sp³-hybridized carbons (Fsp3) is 1.00. The van der Waals surface area contributed by atoms with Crippen molar-refractivity contribution in [1.29, 1.82) is 0 Å². The average molecular weight is 239 g/mol. The third-order valence-corrected chi connectivity index (χ3v) is 4.16. The summed E-state index contributed by atoms with van der Waals surface area (Å²) in [6.07, 6.45) is 5.73. The van der Waals surface area contributed by atoms with Gasteiger partial charge in [-0.25, -0.2) is 0 Å². The largest absolute Gasteiger partial charge is 0.316 e. The van der Waals surface area contributed by atoms with E-state index in [0.717, 1.165) is 18.4 Å². The summed E-state index contributed by atoms with van der Waals surface area (Å²) >= 11 is 0. The van der Waals surface area contributed by atoms with Crippen LogP contribution in [0.25, 0.3) is 0 Å². The zero-order valence-electron chi connectivity index (χ0n) is 12.9. The Hall–Kier alpha value is -0.0400. The lowest BCUT2D eigenvalue weighted by Gasteiger charge is -2.37. The molecule has 1 rings (SSSR count). The zero-order chi connectivity index (χ0) is 13.1. The highest BCUT2D eigenvalue weighted by atomic mass is 14.9. The molecule has 0 heterocycles. The molecule has 1 heteroatoms. The van der Waals surface area contributed by atoms with E-state index < -0.39 is 0 Å². The maximum Gasteiger partial charge on any atom is -0.000000945 e. The highest BCUT2D eigenvalue weighted by Crippen LogP contribution is 2.39. The van der Waals surface area contributed by atoms with Crippen molar-refractivity contribution in [2.75, 3.05) is 13.1 Å². The molecule has 0 radical (unpaired) electrons. The quantitative estimate of drug-likeness (QED) is 0.766. The lowest BCUT2D eigenvalue weighted by molar-refractivity contribution is 0.148. The molecule has 1 aliphatic rings. The van der Waals surface area contributed by atoms with Gasteiger partial charge in [-0.2, -0.15) is 0 Å². The van der Waals surface area contributed by atoms with Gasteiger partial charge in [-0.3, -0.25) is 0 Å². The first-order chi connectivity index (χ1) is 7.68. The van der Waals surface area contributed by atoms with Crippen molar-refractivity contribution < 1.29 is 0 Å². The summed E-state index contributed by atoms with van der Waals surface area (Å²) in [5.41, 5.74) is 0.937. The predicted molar refractivity (Wildman–Crippen MR) is 77.2 cm³/mol. The monoisotopic (exact) mass is 239 g/mol. The van der Waals surface area contributed by atoms with Crippen molar-refractivity contribution >= 4 is 0 Å². The van der Waals surface area contributed by atoms with E-state index in [9.17, 15) is 0 Å². The Kier molecular flexibility index (Phi) is 5.07. The molecule has 1 saturated carbocycles. The lowest BCUT2D eigenvalue weighted by Crippen LogP contribution is -2.34. The van der Waals surface area contributed by atoms with Gasteiger partial charge in [-0.15, -0.1) is 0 Å². The number of hydrogen-bond acceptors (Lipinski definition) is 1. The first-order valence-electron chi connectivity index (χ1n) is 7.39. The van der Waals surface area contributed by atoms with Gasteiger partial charge in [-0.05, 0) is 61.4 Å². The first-order valence-corrected chi connectivity index (χ1v) is 7.39. The Labute approximate surface area is 109 Å². The van der Waals surface area contributed by atoms with Crippen molar-refractivity contribution in [3.8, 4) is 0 Å². The van der Waals surface area contributed by atoms with E-state index in [1.807, 2.05) is 0 Å². The van der Waals surface area contributed by atoms with E-state index in [1.165, 1.54) is 32.2 Å². The highest BCUT2D eigenvalue weighted by molar-refractivity contribution is 4.81. The molecule has 1 nitrogen and oxygen atoms in total. The summed E-state index contributed by atoms with van der Waals surface area (Å²) in [5.74, 6) is 1.87. The van der Waals surface area contributed by atoms with Crippen LogP contribution in [0, 0.1) is 22.7 Å². The lowest BCUT2D eigenvalue weighted by atomic mass is 9.70. The van der Waals surface area contributed by atoms with Gasteiger partial charge in [0, 0.05) is 0 Å². The van der Waals surface area contributed by atoms with Gasteiger partial charge < -0.3 is 5.32 Å². The Morgan fingerprint density at radius 3 is 1.82 bits per heavy atom. The van der Waals surface area contributed by atoms with Gasteiger partial charge in [0.15, 0.2) is 0 Å². The molecule has 0 spiro atoms. The van der Waals surface area contributed by atoms with Crippen LogP contribution in [0.3, 0.4) is 0 Å². The molecule has 1 aliphatic carbocycles. The molecule has 1 fully saturated rings. The van der Waals surface area contributed by atoms with E-state index >= 15 is 0 Å². The number of rotatable bonds is 3. The number of nitrogens with one attached hydrogen (secondary N) is 1. The van der Waals surface area contributed by atoms with E-state index in [-0.39, 0.29) is 0 Å². The first kappa shape index (κ1) is 15.0. The maximum absolute atomic E-state index is 3.65. The molecule has 0 aromatic rings. The van der Waals surface area contributed by atoms with Gasteiger partial charge in [-0.1, -0.05) is 41.5 Å². The fourth-order valence-electron chi connectivity index (χ4n) is 2.88. The third-order valence-electron chi connectivity index (χ3n) is 4.16. The maximum atomic E-state index is 3.65. The summed E-state index contributed by atoms with van der Waals surface area (Å²) < 4.78 is 0. The molecule has 0 bridgehead atoms. The minimum absolute atomic E-state index is 0.419. The van der Waals surface area contributed by atoms with E-state index in [2.05, 4.69) is 46.9 Å². The topological polar surface area (TPSA) is 12.0 Å². The van der Waals surface area contributed by atoms with Crippen molar-refractivity contribution in [1.82, 2.24) is 5.32 Å². The molecule has 102 valence electrons. The van der Waals surface area contributed by atoms with E-state index in [1.54, 1.807) is 0 Å². The minimum Gasteiger partial charge on any atom is -0.316 e. The second kappa shape index (κ2) is 5.73. The van der Waals surface area contributed by atoms with Crippen LogP contribution in [0.5, 0.6) is 0 Å². The molecule has 0 saturated heterocycles. The van der Waals surface area contributed by atoms with E-state index in [0.29, 0.717) is 10.8 Å². The van der Waals surface area contributed by atoms with Crippen molar-refractivity contribution in [2.24, 2.45) is 22.7 Å². The van der Waals surface area contributed by atoms with Crippen LogP contribution in [0.15, 0.2) is 0 Å². The highest BCUT2D eigenvalue weighted by Gasteiger charge is 2.29. The predicted octanol–water partition coefficient (Wildman–Crippen LogP) is 4.47. The second-order valence-corrected chi connectivity index (χ2v) is 8.28. The van der Waals surface area contributed by atoms with Crippen molar-refractivity contribution in [3.63, 3.8) is 0 Å². The van der Waals surface area contributed by atoms with Crippen LogP contribution in [-0.4, -0.2) is 13.1 Å². The van der Waals surface area contributed by atoms with Gasteiger partial charge in [0.2, 0.25) is 0 Å². The fourth-order valence-corrected chi connectivity index (χ4v) is 2.88. The molecular weight excluding hydrogens is 206 g/mol. The molecule has 0 aliphatic heterocycles. The van der Waals surface area contributed by atoms with Crippen LogP contribution in [0.4, 0.5) is 0 Å². The Balaban J connectivity index is 2.20. The van der Waals surface area contributed by atoms with Gasteiger partial charge in [0.1, 0.15) is 0 Å². The summed E-state index contributed by atoms with van der Waals surface area (Å²) in [4.78, 5) is 0. The van der Waals surface area contributed by atoms with Crippen LogP contribution >= 0.6 is 0 Å². The van der Waals surface area contributed by atoms with Crippen LogP contribution in [0.2, 0.25) is 0 Å². The Morgan fingerprint density at radius 2 is 1.41 bits per heavy atom.